The molecule has 1 fully saturated rings. The number of rotatable bonds is 5. The van der Waals surface area contributed by atoms with Crippen molar-refractivity contribution in [1.29, 1.82) is 0 Å². The van der Waals surface area contributed by atoms with Gasteiger partial charge in [0.15, 0.2) is 0 Å². The molecule has 18 heavy (non-hydrogen) atoms. The first kappa shape index (κ1) is 13.5. The number of halogens is 1. The molecule has 1 aliphatic heterocycles. The van der Waals surface area contributed by atoms with Crippen molar-refractivity contribution in [2.75, 3.05) is 38.6 Å². The number of hydrogen-bond donors (Lipinski definition) is 1. The van der Waals surface area contributed by atoms with Crippen LogP contribution in [0.25, 0.3) is 0 Å². The average molecular weight is 315 g/mol. The maximum atomic E-state index is 5.15. The molecule has 0 spiro atoms. The van der Waals surface area contributed by atoms with Crippen LogP contribution in [0.5, 0.6) is 5.88 Å². The number of nitrogens with one attached hydrogen (secondary N) is 1. The van der Waals surface area contributed by atoms with Crippen molar-refractivity contribution in [3.8, 4) is 5.88 Å². The van der Waals surface area contributed by atoms with E-state index in [1.54, 1.807) is 13.3 Å². The Labute approximate surface area is 116 Å². The molecule has 1 N–H and O–H groups in total. The molecule has 1 aromatic rings. The van der Waals surface area contributed by atoms with Gasteiger partial charge in [-0.2, -0.15) is 4.98 Å². The lowest BCUT2D eigenvalue weighted by atomic mass is 10.1. The Hall–Kier alpha value is -0.880. The number of likely N-dealkylation sites (tertiary alicyclic amines) is 1. The van der Waals surface area contributed by atoms with E-state index < -0.39 is 0 Å². The second kappa shape index (κ2) is 6.33. The van der Waals surface area contributed by atoms with Gasteiger partial charge < -0.3 is 15.0 Å². The molecule has 6 heteroatoms. The maximum Gasteiger partial charge on any atom is 0.232 e. The van der Waals surface area contributed by atoms with E-state index in [2.05, 4.69) is 43.0 Å². The normalized spacial score (nSPS) is 20.1. The van der Waals surface area contributed by atoms with Gasteiger partial charge in [0, 0.05) is 13.1 Å². The van der Waals surface area contributed by atoms with Gasteiger partial charge in [-0.05, 0) is 41.4 Å². The SMILES string of the molecule is CCN1CCC(CNc2ncc(Br)c(OC)n2)C1. The molecule has 2 rings (SSSR count). The van der Waals surface area contributed by atoms with Crippen LogP contribution in [0.2, 0.25) is 0 Å². The van der Waals surface area contributed by atoms with Gasteiger partial charge in [-0.25, -0.2) is 4.98 Å². The molecule has 2 heterocycles. The Morgan fingerprint density at radius 2 is 2.44 bits per heavy atom. The molecule has 0 amide bonds. The summed E-state index contributed by atoms with van der Waals surface area (Å²) in [4.78, 5) is 11.0. The van der Waals surface area contributed by atoms with Gasteiger partial charge in [0.2, 0.25) is 11.8 Å². The summed E-state index contributed by atoms with van der Waals surface area (Å²) in [5.41, 5.74) is 0. The number of anilines is 1. The predicted octanol–water partition coefficient (Wildman–Crippen LogP) is 2.00. The molecule has 1 aliphatic rings. The van der Waals surface area contributed by atoms with Gasteiger partial charge in [-0.3, -0.25) is 0 Å². The summed E-state index contributed by atoms with van der Waals surface area (Å²) >= 11 is 3.34. The Balaban J connectivity index is 1.87. The van der Waals surface area contributed by atoms with E-state index in [4.69, 9.17) is 4.74 Å². The zero-order valence-corrected chi connectivity index (χ0v) is 12.4. The zero-order chi connectivity index (χ0) is 13.0. The average Bonchev–Trinajstić information content (AvgIpc) is 2.86. The Morgan fingerprint density at radius 3 is 3.11 bits per heavy atom. The van der Waals surface area contributed by atoms with Crippen LogP contribution >= 0.6 is 15.9 Å². The zero-order valence-electron chi connectivity index (χ0n) is 10.8. The third-order valence-corrected chi connectivity index (χ3v) is 3.82. The Bertz CT molecular complexity index is 402. The summed E-state index contributed by atoms with van der Waals surface area (Å²) in [6.07, 6.45) is 2.95. The molecule has 5 nitrogen and oxygen atoms in total. The van der Waals surface area contributed by atoms with Crippen molar-refractivity contribution in [3.05, 3.63) is 10.7 Å². The van der Waals surface area contributed by atoms with Crippen molar-refractivity contribution in [2.24, 2.45) is 5.92 Å². The minimum Gasteiger partial charge on any atom is -0.480 e. The molecule has 0 radical (unpaired) electrons. The monoisotopic (exact) mass is 314 g/mol. The van der Waals surface area contributed by atoms with E-state index in [9.17, 15) is 0 Å². The van der Waals surface area contributed by atoms with Gasteiger partial charge in [-0.1, -0.05) is 6.92 Å². The van der Waals surface area contributed by atoms with Crippen LogP contribution in [-0.4, -0.2) is 48.2 Å². The number of aromatic nitrogens is 2. The summed E-state index contributed by atoms with van der Waals surface area (Å²) in [7, 11) is 1.60. The summed E-state index contributed by atoms with van der Waals surface area (Å²) in [5, 5.41) is 3.28. The lowest BCUT2D eigenvalue weighted by Crippen LogP contribution is -2.22. The lowest BCUT2D eigenvalue weighted by Gasteiger charge is -2.14. The minimum absolute atomic E-state index is 0.564. The Morgan fingerprint density at radius 1 is 1.61 bits per heavy atom. The molecule has 0 saturated carbocycles. The molecule has 0 bridgehead atoms. The van der Waals surface area contributed by atoms with Crippen molar-refractivity contribution in [2.45, 2.75) is 13.3 Å². The highest BCUT2D eigenvalue weighted by Gasteiger charge is 2.21. The van der Waals surface area contributed by atoms with E-state index in [1.165, 1.54) is 13.0 Å². The first-order chi connectivity index (χ1) is 8.72. The molecular formula is C12H19BrN4O. The van der Waals surface area contributed by atoms with Crippen LogP contribution in [0.1, 0.15) is 13.3 Å². The molecule has 0 aromatic carbocycles. The van der Waals surface area contributed by atoms with Crippen molar-refractivity contribution in [1.82, 2.24) is 14.9 Å². The van der Waals surface area contributed by atoms with Gasteiger partial charge in [0.1, 0.15) is 0 Å². The van der Waals surface area contributed by atoms with Gasteiger partial charge >= 0.3 is 0 Å². The van der Waals surface area contributed by atoms with Crippen LogP contribution in [0.4, 0.5) is 5.95 Å². The fourth-order valence-corrected chi connectivity index (χ4v) is 2.54. The van der Waals surface area contributed by atoms with E-state index in [0.717, 1.165) is 24.1 Å². The van der Waals surface area contributed by atoms with Gasteiger partial charge in [-0.15, -0.1) is 0 Å². The van der Waals surface area contributed by atoms with E-state index >= 15 is 0 Å². The lowest BCUT2D eigenvalue weighted by molar-refractivity contribution is 0.344. The van der Waals surface area contributed by atoms with Crippen LogP contribution in [0.15, 0.2) is 10.7 Å². The van der Waals surface area contributed by atoms with Crippen LogP contribution in [0.3, 0.4) is 0 Å². The summed E-state index contributed by atoms with van der Waals surface area (Å²) < 4.78 is 5.92. The third kappa shape index (κ3) is 3.32. The number of ether oxygens (including phenoxy) is 1. The highest BCUT2D eigenvalue weighted by atomic mass is 79.9. The predicted molar refractivity (Wildman–Crippen MR) is 75.0 cm³/mol. The molecule has 1 atom stereocenters. The second-order valence-corrected chi connectivity index (χ2v) is 5.33. The smallest absolute Gasteiger partial charge is 0.232 e. The van der Waals surface area contributed by atoms with Crippen LogP contribution in [0, 0.1) is 5.92 Å². The molecule has 1 saturated heterocycles. The highest BCUT2D eigenvalue weighted by Crippen LogP contribution is 2.22. The summed E-state index contributed by atoms with van der Waals surface area (Å²) in [6.45, 7) is 6.63. The maximum absolute atomic E-state index is 5.15. The minimum atomic E-state index is 0.564. The first-order valence-corrected chi connectivity index (χ1v) is 7.05. The second-order valence-electron chi connectivity index (χ2n) is 4.48. The summed E-state index contributed by atoms with van der Waals surface area (Å²) in [6, 6.07) is 0. The standard InChI is InChI=1S/C12H19BrN4O/c1-3-17-5-4-9(8-17)6-14-12-15-7-10(13)11(16-12)18-2/h7,9H,3-6,8H2,1-2H3,(H,14,15,16). The van der Waals surface area contributed by atoms with E-state index in [-0.39, 0.29) is 0 Å². The number of hydrogen-bond acceptors (Lipinski definition) is 5. The molecule has 1 unspecified atom stereocenters. The largest absolute Gasteiger partial charge is 0.480 e. The molecule has 0 aliphatic carbocycles. The first-order valence-electron chi connectivity index (χ1n) is 6.25. The number of nitrogens with zero attached hydrogens (tertiary/aromatic N) is 3. The van der Waals surface area contributed by atoms with Crippen molar-refractivity contribution < 1.29 is 4.74 Å². The number of methoxy groups -OCH3 is 1. The third-order valence-electron chi connectivity index (χ3n) is 3.27. The topological polar surface area (TPSA) is 50.3 Å². The van der Waals surface area contributed by atoms with E-state index in [1.807, 2.05) is 0 Å². The van der Waals surface area contributed by atoms with Crippen LogP contribution in [-0.2, 0) is 0 Å². The van der Waals surface area contributed by atoms with E-state index in [0.29, 0.717) is 17.7 Å². The van der Waals surface area contributed by atoms with Crippen LogP contribution < -0.4 is 10.1 Å². The molecule has 100 valence electrons. The van der Waals surface area contributed by atoms with Gasteiger partial charge in [0.25, 0.3) is 0 Å². The fraction of sp³-hybridized carbons (Fsp3) is 0.667. The molecular weight excluding hydrogens is 296 g/mol. The van der Waals surface area contributed by atoms with Crippen molar-refractivity contribution >= 4 is 21.9 Å². The van der Waals surface area contributed by atoms with Gasteiger partial charge in [0.05, 0.1) is 17.8 Å². The highest BCUT2D eigenvalue weighted by molar-refractivity contribution is 9.10. The fourth-order valence-electron chi connectivity index (χ4n) is 2.18. The quantitative estimate of drug-likeness (QED) is 0.901. The van der Waals surface area contributed by atoms with Crippen molar-refractivity contribution in [3.63, 3.8) is 0 Å². The summed E-state index contributed by atoms with van der Waals surface area (Å²) in [5.74, 6) is 1.88. The molecule has 1 aromatic heterocycles. The Kier molecular flexibility index (Phi) is 4.77.